The first-order valence-corrected chi connectivity index (χ1v) is 6.77. The molecule has 2 N–H and O–H groups in total. The molecule has 0 saturated carbocycles. The number of H-pyrrole nitrogens is 1. The third-order valence-corrected chi connectivity index (χ3v) is 3.53. The molecule has 1 aliphatic carbocycles. The van der Waals surface area contributed by atoms with Gasteiger partial charge in [-0.1, -0.05) is 6.07 Å². The molecule has 1 amide bonds. The zero-order valence-corrected chi connectivity index (χ0v) is 11.4. The SMILES string of the molecule is Cc1cn[nH]c1NC(=O)COc1ccc2c(c1)CCC2. The van der Waals surface area contributed by atoms with Crippen molar-refractivity contribution in [2.75, 3.05) is 11.9 Å². The summed E-state index contributed by atoms with van der Waals surface area (Å²) < 4.78 is 5.54. The standard InChI is InChI=1S/C15H17N3O2/c1-10-8-16-18-15(10)17-14(19)9-20-13-6-5-11-3-2-4-12(11)7-13/h5-8H,2-4,9H2,1H3,(H2,16,17,18,19). The van der Waals surface area contributed by atoms with Gasteiger partial charge in [0.25, 0.3) is 5.91 Å². The van der Waals surface area contributed by atoms with E-state index in [1.165, 1.54) is 17.5 Å². The van der Waals surface area contributed by atoms with Gasteiger partial charge in [-0.2, -0.15) is 5.10 Å². The molecule has 104 valence electrons. The second-order valence-electron chi connectivity index (χ2n) is 5.05. The van der Waals surface area contributed by atoms with Gasteiger partial charge in [-0.15, -0.1) is 0 Å². The van der Waals surface area contributed by atoms with Gasteiger partial charge in [0.05, 0.1) is 6.20 Å². The minimum absolute atomic E-state index is 0.00273. The van der Waals surface area contributed by atoms with E-state index in [1.54, 1.807) is 6.20 Å². The minimum Gasteiger partial charge on any atom is -0.484 e. The molecular weight excluding hydrogens is 254 g/mol. The van der Waals surface area contributed by atoms with E-state index >= 15 is 0 Å². The van der Waals surface area contributed by atoms with Crippen LogP contribution in [0.4, 0.5) is 5.82 Å². The van der Waals surface area contributed by atoms with E-state index in [4.69, 9.17) is 4.74 Å². The van der Waals surface area contributed by atoms with Crippen LogP contribution in [0.1, 0.15) is 23.1 Å². The molecule has 5 nitrogen and oxygen atoms in total. The van der Waals surface area contributed by atoms with Crippen molar-refractivity contribution < 1.29 is 9.53 Å². The molecule has 0 radical (unpaired) electrons. The number of rotatable bonds is 4. The predicted octanol–water partition coefficient (Wildman–Crippen LogP) is 2.22. The number of carbonyl (C=O) groups is 1. The van der Waals surface area contributed by atoms with Crippen LogP contribution in [0, 0.1) is 6.92 Å². The number of aromatic amines is 1. The second kappa shape index (κ2) is 5.36. The smallest absolute Gasteiger partial charge is 0.263 e. The van der Waals surface area contributed by atoms with Crippen LogP contribution in [0.3, 0.4) is 0 Å². The number of hydrogen-bond donors (Lipinski definition) is 2. The van der Waals surface area contributed by atoms with Crippen LogP contribution in [-0.2, 0) is 17.6 Å². The lowest BCUT2D eigenvalue weighted by Crippen LogP contribution is -2.20. The minimum atomic E-state index is -0.196. The van der Waals surface area contributed by atoms with Crippen molar-refractivity contribution in [1.29, 1.82) is 0 Å². The Labute approximate surface area is 117 Å². The summed E-state index contributed by atoms with van der Waals surface area (Å²) >= 11 is 0. The van der Waals surface area contributed by atoms with Crippen molar-refractivity contribution in [3.8, 4) is 5.75 Å². The van der Waals surface area contributed by atoms with Gasteiger partial charge in [0.15, 0.2) is 6.61 Å². The summed E-state index contributed by atoms with van der Waals surface area (Å²) in [6.07, 6.45) is 5.12. The zero-order valence-electron chi connectivity index (χ0n) is 11.4. The number of fused-ring (bicyclic) bond motifs is 1. The number of aromatic nitrogens is 2. The molecule has 5 heteroatoms. The van der Waals surface area contributed by atoms with Gasteiger partial charge in [0.1, 0.15) is 11.6 Å². The van der Waals surface area contributed by atoms with Crippen molar-refractivity contribution in [3.05, 3.63) is 41.1 Å². The fraction of sp³-hybridized carbons (Fsp3) is 0.333. The first-order valence-electron chi connectivity index (χ1n) is 6.77. The molecule has 0 bridgehead atoms. The second-order valence-corrected chi connectivity index (χ2v) is 5.05. The number of nitrogens with zero attached hydrogens (tertiary/aromatic N) is 1. The molecule has 20 heavy (non-hydrogen) atoms. The molecule has 1 aromatic heterocycles. The fourth-order valence-corrected chi connectivity index (χ4v) is 2.44. The third-order valence-electron chi connectivity index (χ3n) is 3.53. The molecule has 0 atom stereocenters. The number of hydrogen-bond acceptors (Lipinski definition) is 3. The topological polar surface area (TPSA) is 67.0 Å². The monoisotopic (exact) mass is 271 g/mol. The number of carbonyl (C=O) groups excluding carboxylic acids is 1. The summed E-state index contributed by atoms with van der Waals surface area (Å²) in [7, 11) is 0. The van der Waals surface area contributed by atoms with E-state index in [9.17, 15) is 4.79 Å². The van der Waals surface area contributed by atoms with E-state index in [0.29, 0.717) is 5.82 Å². The van der Waals surface area contributed by atoms with Gasteiger partial charge in [-0.05, 0) is 49.4 Å². The Morgan fingerprint density at radius 3 is 3.05 bits per heavy atom. The molecule has 0 fully saturated rings. The van der Waals surface area contributed by atoms with Crippen LogP contribution in [0.2, 0.25) is 0 Å². The Morgan fingerprint density at radius 1 is 1.40 bits per heavy atom. The first kappa shape index (κ1) is 12.7. The number of benzene rings is 1. The Morgan fingerprint density at radius 2 is 2.25 bits per heavy atom. The zero-order chi connectivity index (χ0) is 13.9. The van der Waals surface area contributed by atoms with E-state index < -0.39 is 0 Å². The number of aryl methyl sites for hydroxylation is 3. The van der Waals surface area contributed by atoms with Crippen molar-refractivity contribution in [2.24, 2.45) is 0 Å². The number of anilines is 1. The van der Waals surface area contributed by atoms with Crippen LogP contribution in [0.15, 0.2) is 24.4 Å². The molecule has 3 rings (SSSR count). The summed E-state index contributed by atoms with van der Waals surface area (Å²) in [6.45, 7) is 1.87. The van der Waals surface area contributed by atoms with Gasteiger partial charge in [-0.3, -0.25) is 9.89 Å². The highest BCUT2D eigenvalue weighted by Gasteiger charge is 2.12. The highest BCUT2D eigenvalue weighted by atomic mass is 16.5. The maximum Gasteiger partial charge on any atom is 0.263 e. The lowest BCUT2D eigenvalue weighted by molar-refractivity contribution is -0.118. The van der Waals surface area contributed by atoms with Gasteiger partial charge in [-0.25, -0.2) is 0 Å². The van der Waals surface area contributed by atoms with E-state index in [2.05, 4.69) is 21.6 Å². The Bertz CT molecular complexity index is 634. The van der Waals surface area contributed by atoms with Crippen LogP contribution in [-0.4, -0.2) is 22.7 Å². The fourth-order valence-electron chi connectivity index (χ4n) is 2.44. The van der Waals surface area contributed by atoms with Gasteiger partial charge in [0, 0.05) is 5.56 Å². The molecule has 2 aromatic rings. The summed E-state index contributed by atoms with van der Waals surface area (Å²) in [5.74, 6) is 1.17. The average Bonchev–Trinajstić information content (AvgIpc) is 3.05. The highest BCUT2D eigenvalue weighted by Crippen LogP contribution is 2.25. The maximum atomic E-state index is 11.8. The predicted molar refractivity (Wildman–Crippen MR) is 75.9 cm³/mol. The summed E-state index contributed by atoms with van der Waals surface area (Å²) in [5.41, 5.74) is 3.64. The van der Waals surface area contributed by atoms with Gasteiger partial charge < -0.3 is 10.1 Å². The molecule has 0 saturated heterocycles. The lowest BCUT2D eigenvalue weighted by atomic mass is 10.1. The van der Waals surface area contributed by atoms with Crippen LogP contribution < -0.4 is 10.1 Å². The largest absolute Gasteiger partial charge is 0.484 e. The quantitative estimate of drug-likeness (QED) is 0.896. The highest BCUT2D eigenvalue weighted by molar-refractivity contribution is 5.91. The summed E-state index contributed by atoms with van der Waals surface area (Å²) in [6, 6.07) is 6.06. The maximum absolute atomic E-state index is 11.8. The molecular formula is C15H17N3O2. The molecule has 1 aliphatic rings. The van der Waals surface area contributed by atoms with Crippen LogP contribution in [0.5, 0.6) is 5.75 Å². The van der Waals surface area contributed by atoms with E-state index in [-0.39, 0.29) is 12.5 Å². The van der Waals surface area contributed by atoms with Crippen molar-refractivity contribution >= 4 is 11.7 Å². The molecule has 0 spiro atoms. The first-order chi connectivity index (χ1) is 9.72. The Kier molecular flexibility index (Phi) is 3.41. The van der Waals surface area contributed by atoms with Gasteiger partial charge in [0.2, 0.25) is 0 Å². The van der Waals surface area contributed by atoms with Crippen molar-refractivity contribution in [1.82, 2.24) is 10.2 Å². The van der Waals surface area contributed by atoms with E-state index in [0.717, 1.165) is 24.2 Å². The van der Waals surface area contributed by atoms with Gasteiger partial charge >= 0.3 is 0 Å². The number of amides is 1. The van der Waals surface area contributed by atoms with Crippen LogP contribution in [0.25, 0.3) is 0 Å². The van der Waals surface area contributed by atoms with Crippen molar-refractivity contribution in [2.45, 2.75) is 26.2 Å². The average molecular weight is 271 g/mol. The summed E-state index contributed by atoms with van der Waals surface area (Å²) in [4.78, 5) is 11.8. The lowest BCUT2D eigenvalue weighted by Gasteiger charge is -2.08. The number of nitrogens with one attached hydrogen (secondary N) is 2. The Balaban J connectivity index is 1.57. The molecule has 0 aliphatic heterocycles. The summed E-state index contributed by atoms with van der Waals surface area (Å²) in [5, 5.41) is 9.31. The molecule has 1 aromatic carbocycles. The molecule has 1 heterocycles. The van der Waals surface area contributed by atoms with Crippen LogP contribution >= 0.6 is 0 Å². The van der Waals surface area contributed by atoms with Crippen molar-refractivity contribution in [3.63, 3.8) is 0 Å². The third kappa shape index (κ3) is 2.66. The normalized spacial score (nSPS) is 13.1. The number of ether oxygens (including phenoxy) is 1. The van der Waals surface area contributed by atoms with E-state index in [1.807, 2.05) is 19.1 Å². The molecule has 0 unspecified atom stereocenters. The Hall–Kier alpha value is -2.30.